The minimum atomic E-state index is -1.11. The topological polar surface area (TPSA) is 118 Å². The maximum Gasteiger partial charge on any atom is 0.335 e. The average Bonchev–Trinajstić information content (AvgIpc) is 3.27. The molecule has 41 heavy (non-hydrogen) atoms. The number of amides is 1. The van der Waals surface area contributed by atoms with E-state index in [1.54, 1.807) is 56.2 Å². The molecule has 1 aliphatic carbocycles. The normalized spacial score (nSPS) is 12.4. The van der Waals surface area contributed by atoms with Crippen molar-refractivity contribution >= 4 is 34.3 Å². The molecule has 0 unspecified atom stereocenters. The molecule has 0 radical (unpaired) electrons. The zero-order chi connectivity index (χ0) is 29.3. The summed E-state index contributed by atoms with van der Waals surface area (Å²) in [7, 11) is 4.84. The van der Waals surface area contributed by atoms with E-state index in [2.05, 4.69) is 6.08 Å². The predicted molar refractivity (Wildman–Crippen MR) is 154 cm³/mol. The third kappa shape index (κ3) is 5.14. The fourth-order valence-corrected chi connectivity index (χ4v) is 5.54. The van der Waals surface area contributed by atoms with E-state index in [-0.39, 0.29) is 18.0 Å². The number of benzene rings is 3. The van der Waals surface area contributed by atoms with Crippen LogP contribution in [0.4, 0.5) is 0 Å². The second kappa shape index (κ2) is 11.2. The quantitative estimate of drug-likeness (QED) is 0.296. The predicted octanol–water partition coefficient (Wildman–Crippen LogP) is 5.09. The van der Waals surface area contributed by atoms with E-state index in [0.29, 0.717) is 27.9 Å². The highest BCUT2D eigenvalue weighted by Gasteiger charge is 2.28. The summed E-state index contributed by atoms with van der Waals surface area (Å²) in [6.45, 7) is -0.321. The molecule has 210 valence electrons. The van der Waals surface area contributed by atoms with Gasteiger partial charge in [-0.1, -0.05) is 24.3 Å². The van der Waals surface area contributed by atoms with Gasteiger partial charge < -0.3 is 29.2 Å². The molecule has 2 N–H and O–H groups in total. The molecule has 0 saturated heterocycles. The fourth-order valence-electron chi connectivity index (χ4n) is 5.54. The van der Waals surface area contributed by atoms with Crippen LogP contribution in [0.3, 0.4) is 0 Å². The van der Waals surface area contributed by atoms with Crippen molar-refractivity contribution < 1.29 is 34.1 Å². The molecule has 0 atom stereocenters. The van der Waals surface area contributed by atoms with E-state index in [4.69, 9.17) is 9.47 Å². The minimum absolute atomic E-state index is 0.0436. The standard InChI is InChI=1S/C32H30N2O7/c1-33(31(37)19-10-13-21(40-2)14-11-19)17-27-30(24-8-4-7-23-22(24)6-5-9-28(23)41-3)25-15-12-20(32(38)39)16-26(25)34(27)18-29(35)36/h5-6,8-16H,4,7,17-18H2,1-3H3,(H,35,36)(H,38,39). The van der Waals surface area contributed by atoms with Crippen LogP contribution in [0.15, 0.2) is 66.7 Å². The van der Waals surface area contributed by atoms with Crippen molar-refractivity contribution in [3.05, 3.63) is 100 Å². The number of ether oxygens (including phenoxy) is 2. The number of hydrogen-bond acceptors (Lipinski definition) is 5. The summed E-state index contributed by atoms with van der Waals surface area (Å²) >= 11 is 0. The molecule has 1 aromatic heterocycles. The smallest absolute Gasteiger partial charge is 0.335 e. The van der Waals surface area contributed by atoms with Gasteiger partial charge in [-0.3, -0.25) is 9.59 Å². The molecule has 9 heteroatoms. The lowest BCUT2D eigenvalue weighted by molar-refractivity contribution is -0.137. The van der Waals surface area contributed by atoms with Gasteiger partial charge in [0.15, 0.2) is 0 Å². The number of nitrogens with zero attached hydrogens (tertiary/aromatic N) is 2. The van der Waals surface area contributed by atoms with Crippen molar-refractivity contribution in [2.75, 3.05) is 21.3 Å². The zero-order valence-corrected chi connectivity index (χ0v) is 23.0. The molecule has 1 aliphatic rings. The van der Waals surface area contributed by atoms with E-state index < -0.39 is 18.5 Å². The Morgan fingerprint density at radius 1 is 0.951 bits per heavy atom. The number of carboxylic acid groups (broad SMARTS) is 2. The molecule has 4 aromatic rings. The van der Waals surface area contributed by atoms with Gasteiger partial charge >= 0.3 is 11.9 Å². The molecular weight excluding hydrogens is 524 g/mol. The van der Waals surface area contributed by atoms with Gasteiger partial charge in [-0.15, -0.1) is 0 Å². The highest BCUT2D eigenvalue weighted by Crippen LogP contribution is 2.42. The van der Waals surface area contributed by atoms with Crippen LogP contribution in [0.1, 0.15) is 49.5 Å². The molecule has 0 bridgehead atoms. The zero-order valence-electron chi connectivity index (χ0n) is 23.0. The number of carbonyl (C=O) groups is 3. The number of carbonyl (C=O) groups excluding carboxylic acids is 1. The van der Waals surface area contributed by atoms with Crippen LogP contribution >= 0.6 is 0 Å². The molecular formula is C32H30N2O7. The summed E-state index contributed by atoms with van der Waals surface area (Å²) in [6, 6.07) is 17.3. The molecule has 1 amide bonds. The number of hydrogen-bond donors (Lipinski definition) is 2. The van der Waals surface area contributed by atoms with Crippen LogP contribution in [0, 0.1) is 0 Å². The van der Waals surface area contributed by atoms with E-state index in [9.17, 15) is 24.6 Å². The lowest BCUT2D eigenvalue weighted by Gasteiger charge is -2.24. The van der Waals surface area contributed by atoms with Crippen molar-refractivity contribution in [2.24, 2.45) is 0 Å². The SMILES string of the molecule is COc1ccc(C(=O)N(C)Cc2c(C3=CCCc4c(OC)cccc43)c3ccc(C(=O)O)cc3n2CC(=O)O)cc1. The van der Waals surface area contributed by atoms with Crippen molar-refractivity contribution in [2.45, 2.75) is 25.9 Å². The summed E-state index contributed by atoms with van der Waals surface area (Å²) in [5.41, 5.74) is 5.22. The van der Waals surface area contributed by atoms with Crippen LogP contribution in [0.2, 0.25) is 0 Å². The Labute approximate surface area is 236 Å². The Morgan fingerprint density at radius 3 is 2.34 bits per heavy atom. The maximum absolute atomic E-state index is 13.5. The van der Waals surface area contributed by atoms with Crippen LogP contribution in [0.5, 0.6) is 11.5 Å². The molecule has 0 spiro atoms. The third-order valence-corrected chi connectivity index (χ3v) is 7.44. The first-order valence-electron chi connectivity index (χ1n) is 13.1. The number of allylic oxidation sites excluding steroid dienone is 1. The molecule has 5 rings (SSSR count). The number of methoxy groups -OCH3 is 2. The minimum Gasteiger partial charge on any atom is -0.497 e. The summed E-state index contributed by atoms with van der Waals surface area (Å²) in [5, 5.41) is 20.3. The second-order valence-corrected chi connectivity index (χ2v) is 9.87. The van der Waals surface area contributed by atoms with Crippen LogP contribution in [0.25, 0.3) is 16.5 Å². The Balaban J connectivity index is 1.72. The first-order chi connectivity index (χ1) is 19.7. The number of fused-ring (bicyclic) bond motifs is 2. The number of rotatable bonds is 9. The lowest BCUT2D eigenvalue weighted by atomic mass is 9.85. The summed E-state index contributed by atoms with van der Waals surface area (Å²) in [4.78, 5) is 38.9. The van der Waals surface area contributed by atoms with Gasteiger partial charge in [0.05, 0.1) is 31.8 Å². The van der Waals surface area contributed by atoms with Gasteiger partial charge in [-0.2, -0.15) is 0 Å². The number of aromatic carboxylic acids is 1. The Kier molecular flexibility index (Phi) is 7.52. The monoisotopic (exact) mass is 554 g/mol. The van der Waals surface area contributed by atoms with Crippen molar-refractivity contribution in [3.63, 3.8) is 0 Å². The summed E-state index contributed by atoms with van der Waals surface area (Å²) < 4.78 is 12.4. The Morgan fingerprint density at radius 2 is 1.68 bits per heavy atom. The van der Waals surface area contributed by atoms with Crippen molar-refractivity contribution in [1.29, 1.82) is 0 Å². The van der Waals surface area contributed by atoms with Gasteiger partial charge in [0, 0.05) is 34.8 Å². The van der Waals surface area contributed by atoms with Crippen LogP contribution in [-0.2, 0) is 24.3 Å². The molecule has 0 fully saturated rings. The molecule has 0 saturated carbocycles. The van der Waals surface area contributed by atoms with Gasteiger partial charge in [0.2, 0.25) is 0 Å². The molecule has 1 heterocycles. The van der Waals surface area contributed by atoms with Gasteiger partial charge in [-0.25, -0.2) is 4.79 Å². The van der Waals surface area contributed by atoms with E-state index >= 15 is 0 Å². The van der Waals surface area contributed by atoms with Gasteiger partial charge in [0.25, 0.3) is 5.91 Å². The van der Waals surface area contributed by atoms with Gasteiger partial charge in [0.1, 0.15) is 18.0 Å². The first kappa shape index (κ1) is 27.5. The number of aliphatic carboxylic acids is 1. The summed E-state index contributed by atoms with van der Waals surface area (Å²) in [6.07, 6.45) is 3.63. The third-order valence-electron chi connectivity index (χ3n) is 7.44. The Hall–Kier alpha value is -5.05. The fraction of sp³-hybridized carbons (Fsp3) is 0.219. The van der Waals surface area contributed by atoms with Crippen molar-refractivity contribution in [3.8, 4) is 11.5 Å². The van der Waals surface area contributed by atoms with Crippen molar-refractivity contribution in [1.82, 2.24) is 9.47 Å². The summed E-state index contributed by atoms with van der Waals surface area (Å²) in [5.74, 6) is -1.06. The highest BCUT2D eigenvalue weighted by atomic mass is 16.5. The highest BCUT2D eigenvalue weighted by molar-refractivity contribution is 6.03. The van der Waals surface area contributed by atoms with Crippen LogP contribution in [-0.4, -0.2) is 58.8 Å². The van der Waals surface area contributed by atoms with Gasteiger partial charge in [-0.05, 0) is 66.4 Å². The first-order valence-corrected chi connectivity index (χ1v) is 13.1. The largest absolute Gasteiger partial charge is 0.497 e. The van der Waals surface area contributed by atoms with E-state index in [0.717, 1.165) is 40.9 Å². The van der Waals surface area contributed by atoms with E-state index in [1.165, 1.54) is 17.0 Å². The average molecular weight is 555 g/mol. The molecule has 0 aliphatic heterocycles. The second-order valence-electron chi connectivity index (χ2n) is 9.87. The van der Waals surface area contributed by atoms with E-state index in [1.807, 2.05) is 18.2 Å². The maximum atomic E-state index is 13.5. The molecule has 3 aromatic carbocycles. The molecule has 9 nitrogen and oxygen atoms in total. The number of aromatic nitrogens is 1. The number of carboxylic acids is 2. The lowest BCUT2D eigenvalue weighted by Crippen LogP contribution is -2.28. The van der Waals surface area contributed by atoms with Crippen LogP contribution < -0.4 is 9.47 Å². The Bertz CT molecular complexity index is 1700.